The number of nitrogens with zero attached hydrogens (tertiary/aromatic N) is 1. The van der Waals surface area contributed by atoms with Gasteiger partial charge in [-0.1, -0.05) is 44.5 Å². The molecule has 0 saturated carbocycles. The zero-order valence-corrected chi connectivity index (χ0v) is 13.0. The van der Waals surface area contributed by atoms with Gasteiger partial charge in [-0.15, -0.1) is 0 Å². The molecule has 1 unspecified atom stereocenters. The molecular weight excluding hydrogens is 256 g/mol. The van der Waals surface area contributed by atoms with Gasteiger partial charge < -0.3 is 10.2 Å². The highest BCUT2D eigenvalue weighted by Crippen LogP contribution is 2.37. The normalized spacial score (nSPS) is 19.4. The van der Waals surface area contributed by atoms with Crippen LogP contribution in [0.1, 0.15) is 39.2 Å². The minimum absolute atomic E-state index is 0.625. The van der Waals surface area contributed by atoms with Gasteiger partial charge in [0.05, 0.1) is 10.7 Å². The van der Waals surface area contributed by atoms with E-state index >= 15 is 0 Å². The molecule has 1 atom stereocenters. The van der Waals surface area contributed by atoms with Crippen molar-refractivity contribution in [2.45, 2.75) is 46.2 Å². The molecule has 1 aliphatic rings. The van der Waals surface area contributed by atoms with Gasteiger partial charge in [0, 0.05) is 19.1 Å². The molecule has 1 fully saturated rings. The third-order valence-electron chi connectivity index (χ3n) is 3.99. The van der Waals surface area contributed by atoms with E-state index in [0.29, 0.717) is 12.0 Å². The van der Waals surface area contributed by atoms with E-state index in [1.54, 1.807) is 0 Å². The maximum atomic E-state index is 6.49. The molecule has 3 heteroatoms. The minimum atomic E-state index is 0.625. The summed E-state index contributed by atoms with van der Waals surface area (Å²) in [6.07, 6.45) is 2.55. The Kier molecular flexibility index (Phi) is 5.12. The standard InChI is InChI=1S/C16H25ClN2/c1-4-18-11-13-7-5-8-14(17)16(13)19-10-6-9-15(19)12(2)3/h5,7-8,12,15,18H,4,6,9-11H2,1-3H3. The lowest BCUT2D eigenvalue weighted by molar-refractivity contribution is 0.491. The van der Waals surface area contributed by atoms with E-state index in [1.165, 1.54) is 24.1 Å². The summed E-state index contributed by atoms with van der Waals surface area (Å²) in [6.45, 7) is 9.77. The average Bonchev–Trinajstić information content (AvgIpc) is 2.85. The van der Waals surface area contributed by atoms with Crippen molar-refractivity contribution in [3.05, 3.63) is 28.8 Å². The highest BCUT2D eigenvalue weighted by Gasteiger charge is 2.29. The van der Waals surface area contributed by atoms with Crippen LogP contribution in [0.4, 0.5) is 5.69 Å². The molecule has 0 aliphatic carbocycles. The molecule has 0 spiro atoms. The molecule has 19 heavy (non-hydrogen) atoms. The fourth-order valence-electron chi connectivity index (χ4n) is 3.05. The molecule has 0 amide bonds. The third-order valence-corrected chi connectivity index (χ3v) is 4.30. The van der Waals surface area contributed by atoms with Gasteiger partial charge in [0.2, 0.25) is 0 Å². The first-order valence-electron chi connectivity index (χ1n) is 7.40. The van der Waals surface area contributed by atoms with Crippen LogP contribution in [-0.4, -0.2) is 19.1 Å². The van der Waals surface area contributed by atoms with Crippen molar-refractivity contribution in [1.29, 1.82) is 0 Å². The molecule has 1 saturated heterocycles. The first-order chi connectivity index (χ1) is 9.15. The average molecular weight is 281 g/mol. The predicted molar refractivity (Wildman–Crippen MR) is 84.0 cm³/mol. The lowest BCUT2D eigenvalue weighted by atomic mass is 10.0. The molecule has 0 aromatic heterocycles. The fraction of sp³-hybridized carbons (Fsp3) is 0.625. The van der Waals surface area contributed by atoms with Crippen molar-refractivity contribution in [3.8, 4) is 0 Å². The van der Waals surface area contributed by atoms with Crippen LogP contribution in [0.5, 0.6) is 0 Å². The van der Waals surface area contributed by atoms with Crippen LogP contribution in [0.15, 0.2) is 18.2 Å². The molecule has 2 nitrogen and oxygen atoms in total. The molecule has 2 rings (SSSR count). The number of anilines is 1. The number of benzene rings is 1. The van der Waals surface area contributed by atoms with Crippen molar-refractivity contribution in [3.63, 3.8) is 0 Å². The monoisotopic (exact) mass is 280 g/mol. The van der Waals surface area contributed by atoms with Crippen LogP contribution in [0.2, 0.25) is 5.02 Å². The number of para-hydroxylation sites is 1. The number of halogens is 1. The van der Waals surface area contributed by atoms with Crippen molar-refractivity contribution in [2.75, 3.05) is 18.0 Å². The number of rotatable bonds is 5. The first kappa shape index (κ1) is 14.7. The number of nitrogens with one attached hydrogen (secondary N) is 1. The Balaban J connectivity index is 2.31. The molecule has 1 aliphatic heterocycles. The van der Waals surface area contributed by atoms with Gasteiger partial charge >= 0.3 is 0 Å². The van der Waals surface area contributed by atoms with Crippen LogP contribution in [0, 0.1) is 5.92 Å². The molecule has 1 aromatic rings. The highest BCUT2D eigenvalue weighted by atomic mass is 35.5. The highest BCUT2D eigenvalue weighted by molar-refractivity contribution is 6.33. The topological polar surface area (TPSA) is 15.3 Å². The lowest BCUT2D eigenvalue weighted by Gasteiger charge is -2.32. The lowest BCUT2D eigenvalue weighted by Crippen LogP contribution is -2.34. The molecule has 1 N–H and O–H groups in total. The molecule has 0 bridgehead atoms. The summed E-state index contributed by atoms with van der Waals surface area (Å²) < 4.78 is 0. The summed E-state index contributed by atoms with van der Waals surface area (Å²) >= 11 is 6.49. The summed E-state index contributed by atoms with van der Waals surface area (Å²) in [7, 11) is 0. The quantitative estimate of drug-likeness (QED) is 0.874. The maximum absolute atomic E-state index is 6.49. The van der Waals surface area contributed by atoms with Gasteiger partial charge in [-0.2, -0.15) is 0 Å². The Morgan fingerprint density at radius 1 is 1.42 bits per heavy atom. The molecular formula is C16H25ClN2. The summed E-state index contributed by atoms with van der Waals surface area (Å²) in [5, 5.41) is 4.31. The van der Waals surface area contributed by atoms with Gasteiger partial charge in [-0.3, -0.25) is 0 Å². The van der Waals surface area contributed by atoms with Gasteiger partial charge in [-0.05, 0) is 36.9 Å². The van der Waals surface area contributed by atoms with Crippen molar-refractivity contribution in [2.24, 2.45) is 5.92 Å². The summed E-state index contributed by atoms with van der Waals surface area (Å²) in [5.74, 6) is 0.672. The van der Waals surface area contributed by atoms with Crippen LogP contribution in [-0.2, 0) is 6.54 Å². The van der Waals surface area contributed by atoms with Gasteiger partial charge in [0.15, 0.2) is 0 Å². The molecule has 1 heterocycles. The maximum Gasteiger partial charge on any atom is 0.0643 e. The predicted octanol–water partition coefficient (Wildman–Crippen LogP) is 4.07. The SMILES string of the molecule is CCNCc1cccc(Cl)c1N1CCCC1C(C)C. The Morgan fingerprint density at radius 2 is 2.21 bits per heavy atom. The smallest absolute Gasteiger partial charge is 0.0643 e. The zero-order valence-electron chi connectivity index (χ0n) is 12.2. The van der Waals surface area contributed by atoms with Gasteiger partial charge in [-0.25, -0.2) is 0 Å². The van der Waals surface area contributed by atoms with E-state index in [0.717, 1.165) is 24.7 Å². The molecule has 106 valence electrons. The van der Waals surface area contributed by atoms with E-state index in [9.17, 15) is 0 Å². The fourth-order valence-corrected chi connectivity index (χ4v) is 3.35. The van der Waals surface area contributed by atoms with Crippen LogP contribution < -0.4 is 10.2 Å². The van der Waals surface area contributed by atoms with Crippen LogP contribution in [0.3, 0.4) is 0 Å². The van der Waals surface area contributed by atoms with Crippen molar-refractivity contribution < 1.29 is 0 Å². The van der Waals surface area contributed by atoms with E-state index < -0.39 is 0 Å². The van der Waals surface area contributed by atoms with E-state index in [2.05, 4.69) is 43.1 Å². The first-order valence-corrected chi connectivity index (χ1v) is 7.77. The third kappa shape index (κ3) is 3.24. The van der Waals surface area contributed by atoms with Crippen molar-refractivity contribution in [1.82, 2.24) is 5.32 Å². The minimum Gasteiger partial charge on any atom is -0.367 e. The van der Waals surface area contributed by atoms with Gasteiger partial charge in [0.25, 0.3) is 0 Å². The molecule has 1 aromatic carbocycles. The van der Waals surface area contributed by atoms with E-state index in [1.807, 2.05) is 6.07 Å². The Hall–Kier alpha value is -0.730. The van der Waals surface area contributed by atoms with E-state index in [4.69, 9.17) is 11.6 Å². The second-order valence-corrected chi connectivity index (χ2v) is 6.08. The number of hydrogen-bond donors (Lipinski definition) is 1. The summed E-state index contributed by atoms with van der Waals surface area (Å²) in [5.41, 5.74) is 2.57. The summed E-state index contributed by atoms with van der Waals surface area (Å²) in [4.78, 5) is 2.53. The summed E-state index contributed by atoms with van der Waals surface area (Å²) in [6, 6.07) is 6.89. The second-order valence-electron chi connectivity index (χ2n) is 5.67. The number of hydrogen-bond acceptors (Lipinski definition) is 2. The van der Waals surface area contributed by atoms with Crippen molar-refractivity contribution >= 4 is 17.3 Å². The Morgan fingerprint density at radius 3 is 2.89 bits per heavy atom. The Labute approximate surface area is 122 Å². The van der Waals surface area contributed by atoms with E-state index in [-0.39, 0.29) is 0 Å². The molecule has 0 radical (unpaired) electrons. The second kappa shape index (κ2) is 6.62. The van der Waals surface area contributed by atoms with Crippen LogP contribution >= 0.6 is 11.6 Å². The van der Waals surface area contributed by atoms with Gasteiger partial charge in [0.1, 0.15) is 0 Å². The zero-order chi connectivity index (χ0) is 13.8. The Bertz CT molecular complexity index is 417. The largest absolute Gasteiger partial charge is 0.367 e. The van der Waals surface area contributed by atoms with Crippen LogP contribution in [0.25, 0.3) is 0 Å².